The van der Waals surface area contributed by atoms with Crippen molar-refractivity contribution < 1.29 is 0 Å². The van der Waals surface area contributed by atoms with Crippen LogP contribution in [0.3, 0.4) is 0 Å². The molecule has 0 aliphatic carbocycles. The van der Waals surface area contributed by atoms with Gasteiger partial charge in [0.2, 0.25) is 0 Å². The Morgan fingerprint density at radius 1 is 0.388 bits per heavy atom. The molecule has 0 spiro atoms. The van der Waals surface area contributed by atoms with Crippen molar-refractivity contribution in [3.63, 3.8) is 0 Å². The first-order valence-electron chi connectivity index (χ1n) is 16.7. The van der Waals surface area contributed by atoms with Crippen LogP contribution < -0.4 is 0 Å². The molecule has 8 aromatic carbocycles. The van der Waals surface area contributed by atoms with E-state index in [2.05, 4.69) is 156 Å². The Balaban J connectivity index is 1.33. The maximum Gasteiger partial charge on any atom is 0.164 e. The van der Waals surface area contributed by atoms with Gasteiger partial charge in [0.05, 0.1) is 0 Å². The van der Waals surface area contributed by atoms with Crippen LogP contribution in [0.4, 0.5) is 0 Å². The van der Waals surface area contributed by atoms with E-state index in [1.54, 1.807) is 0 Å². The quantitative estimate of drug-likeness (QED) is 0.183. The summed E-state index contributed by atoms with van der Waals surface area (Å²) in [6.07, 6.45) is 1.84. The molecular formula is C46H29N3. The Kier molecular flexibility index (Phi) is 6.18. The molecule has 0 bridgehead atoms. The average Bonchev–Trinajstić information content (AvgIpc) is 3.57. The van der Waals surface area contributed by atoms with E-state index in [0.29, 0.717) is 0 Å². The number of benzene rings is 8. The van der Waals surface area contributed by atoms with Crippen molar-refractivity contribution in [1.82, 2.24) is 14.5 Å². The second-order valence-corrected chi connectivity index (χ2v) is 12.6. The Hall–Kier alpha value is -6.58. The molecule has 0 unspecified atom stereocenters. The van der Waals surface area contributed by atoms with Crippen LogP contribution in [0.5, 0.6) is 0 Å². The number of fused-ring (bicyclic) bond motifs is 7. The van der Waals surface area contributed by atoms with E-state index < -0.39 is 0 Å². The molecule has 0 saturated heterocycles. The molecular weight excluding hydrogens is 595 g/mol. The fourth-order valence-electron chi connectivity index (χ4n) is 7.58. The summed E-state index contributed by atoms with van der Waals surface area (Å²) in [5.74, 6) is 0.859. The standard InChI is InChI=1S/C46H29N3/c1-2-15-35(16-3-1)49-45(48-44-23-12-24-47-46(44)49)34-26-32(42-28-30-13-4-6-17-36(30)38-19-8-10-21-40(38)42)25-33(27-34)43-29-31-14-5-7-18-37(31)39-20-9-11-22-41(39)43/h1-29H. The number of para-hydroxylation sites is 1. The highest BCUT2D eigenvalue weighted by atomic mass is 15.1. The van der Waals surface area contributed by atoms with E-state index in [0.717, 1.165) is 39.4 Å². The van der Waals surface area contributed by atoms with Gasteiger partial charge in [0.1, 0.15) is 11.3 Å². The van der Waals surface area contributed by atoms with Gasteiger partial charge in [0.25, 0.3) is 0 Å². The van der Waals surface area contributed by atoms with Gasteiger partial charge in [-0.05, 0) is 120 Å². The minimum Gasteiger partial charge on any atom is -0.277 e. The molecule has 49 heavy (non-hydrogen) atoms. The first-order valence-corrected chi connectivity index (χ1v) is 16.7. The van der Waals surface area contributed by atoms with Crippen molar-refractivity contribution in [2.24, 2.45) is 0 Å². The van der Waals surface area contributed by atoms with Crippen molar-refractivity contribution in [2.75, 3.05) is 0 Å². The van der Waals surface area contributed by atoms with Crippen molar-refractivity contribution in [2.45, 2.75) is 0 Å². The van der Waals surface area contributed by atoms with Crippen LogP contribution in [0.1, 0.15) is 0 Å². The summed E-state index contributed by atoms with van der Waals surface area (Å²) in [5, 5.41) is 9.92. The molecule has 0 saturated carbocycles. The van der Waals surface area contributed by atoms with Crippen molar-refractivity contribution in [1.29, 1.82) is 0 Å². The molecule has 10 rings (SSSR count). The van der Waals surface area contributed by atoms with E-state index in [-0.39, 0.29) is 0 Å². The lowest BCUT2D eigenvalue weighted by Crippen LogP contribution is -1.99. The first kappa shape index (κ1) is 27.5. The Morgan fingerprint density at radius 3 is 1.47 bits per heavy atom. The molecule has 3 heteroatoms. The molecule has 2 heterocycles. The molecule has 228 valence electrons. The number of hydrogen-bond acceptors (Lipinski definition) is 2. The normalized spacial score (nSPS) is 11.7. The van der Waals surface area contributed by atoms with Crippen LogP contribution in [0.25, 0.3) is 93.6 Å². The van der Waals surface area contributed by atoms with E-state index in [1.807, 2.05) is 24.4 Å². The fourth-order valence-corrected chi connectivity index (χ4v) is 7.58. The van der Waals surface area contributed by atoms with E-state index in [9.17, 15) is 0 Å². The van der Waals surface area contributed by atoms with Gasteiger partial charge in [-0.2, -0.15) is 0 Å². The lowest BCUT2D eigenvalue weighted by molar-refractivity contribution is 1.08. The summed E-state index contributed by atoms with van der Waals surface area (Å²) in [4.78, 5) is 10.1. The Bertz CT molecular complexity index is 2750. The monoisotopic (exact) mass is 623 g/mol. The van der Waals surface area contributed by atoms with Gasteiger partial charge in [0, 0.05) is 17.4 Å². The number of rotatable bonds is 4. The van der Waals surface area contributed by atoms with Gasteiger partial charge >= 0.3 is 0 Å². The molecule has 0 aliphatic heterocycles. The van der Waals surface area contributed by atoms with Crippen molar-refractivity contribution in [3.05, 3.63) is 176 Å². The zero-order valence-electron chi connectivity index (χ0n) is 26.6. The molecule has 0 amide bonds. The lowest BCUT2D eigenvalue weighted by atomic mass is 9.88. The third kappa shape index (κ3) is 4.44. The highest BCUT2D eigenvalue weighted by Gasteiger charge is 2.19. The first-order chi connectivity index (χ1) is 24.3. The maximum absolute atomic E-state index is 5.25. The third-order valence-corrected chi connectivity index (χ3v) is 9.78. The van der Waals surface area contributed by atoms with E-state index >= 15 is 0 Å². The second-order valence-electron chi connectivity index (χ2n) is 12.6. The number of imidazole rings is 1. The summed E-state index contributed by atoms with van der Waals surface area (Å²) in [5.41, 5.74) is 8.44. The molecule has 0 radical (unpaired) electrons. The van der Waals surface area contributed by atoms with Crippen molar-refractivity contribution in [3.8, 4) is 39.3 Å². The maximum atomic E-state index is 5.25. The van der Waals surface area contributed by atoms with Crippen LogP contribution in [0, 0.1) is 0 Å². The molecule has 10 aromatic rings. The van der Waals surface area contributed by atoms with E-state index in [4.69, 9.17) is 9.97 Å². The van der Waals surface area contributed by atoms with Gasteiger partial charge in [0.15, 0.2) is 5.65 Å². The van der Waals surface area contributed by atoms with Crippen LogP contribution in [-0.2, 0) is 0 Å². The summed E-state index contributed by atoms with van der Waals surface area (Å²) in [6, 6.07) is 61.0. The fraction of sp³-hybridized carbons (Fsp3) is 0. The van der Waals surface area contributed by atoms with Crippen LogP contribution in [0.2, 0.25) is 0 Å². The van der Waals surface area contributed by atoms with E-state index in [1.165, 1.54) is 54.2 Å². The number of aromatic nitrogens is 3. The summed E-state index contributed by atoms with van der Waals surface area (Å²) in [6.45, 7) is 0. The lowest BCUT2D eigenvalue weighted by Gasteiger charge is -2.17. The second kappa shape index (κ2) is 11.0. The molecule has 0 N–H and O–H groups in total. The molecule has 0 atom stereocenters. The average molecular weight is 624 g/mol. The van der Waals surface area contributed by atoms with Gasteiger partial charge < -0.3 is 0 Å². The van der Waals surface area contributed by atoms with Crippen LogP contribution in [0.15, 0.2) is 176 Å². The van der Waals surface area contributed by atoms with Gasteiger partial charge in [-0.15, -0.1) is 0 Å². The summed E-state index contributed by atoms with van der Waals surface area (Å²) >= 11 is 0. The molecule has 2 aromatic heterocycles. The number of nitrogens with zero attached hydrogens (tertiary/aromatic N) is 3. The predicted molar refractivity (Wildman–Crippen MR) is 205 cm³/mol. The smallest absolute Gasteiger partial charge is 0.164 e. The molecule has 3 nitrogen and oxygen atoms in total. The zero-order chi connectivity index (χ0) is 32.3. The Labute approximate surface area is 283 Å². The SMILES string of the molecule is c1ccc(-n2c(-c3cc(-c4cc5ccccc5c5ccccc45)cc(-c4cc5ccccc5c5ccccc45)c3)nc3cccnc32)cc1. The summed E-state index contributed by atoms with van der Waals surface area (Å²) in [7, 11) is 0. The zero-order valence-corrected chi connectivity index (χ0v) is 26.6. The summed E-state index contributed by atoms with van der Waals surface area (Å²) < 4.78 is 2.19. The number of hydrogen-bond donors (Lipinski definition) is 0. The third-order valence-electron chi connectivity index (χ3n) is 9.78. The van der Waals surface area contributed by atoms with Crippen molar-refractivity contribution >= 4 is 54.3 Å². The van der Waals surface area contributed by atoms with Crippen LogP contribution >= 0.6 is 0 Å². The van der Waals surface area contributed by atoms with Crippen LogP contribution in [-0.4, -0.2) is 14.5 Å². The highest BCUT2D eigenvalue weighted by molar-refractivity contribution is 6.16. The topological polar surface area (TPSA) is 30.7 Å². The molecule has 0 aliphatic rings. The minimum atomic E-state index is 0.836. The highest BCUT2D eigenvalue weighted by Crippen LogP contribution is 2.42. The van der Waals surface area contributed by atoms with Gasteiger partial charge in [-0.3, -0.25) is 4.57 Å². The predicted octanol–water partition coefficient (Wildman–Crippen LogP) is 12.0. The largest absolute Gasteiger partial charge is 0.277 e. The van der Waals surface area contributed by atoms with Gasteiger partial charge in [-0.1, -0.05) is 115 Å². The van der Waals surface area contributed by atoms with Gasteiger partial charge in [-0.25, -0.2) is 9.97 Å². The minimum absolute atomic E-state index is 0.836. The number of pyridine rings is 1. The molecule has 0 fully saturated rings. The Morgan fingerprint density at radius 2 is 0.878 bits per heavy atom.